The molecule has 2 fully saturated rings. The van der Waals surface area contributed by atoms with Gasteiger partial charge in [-0.1, -0.05) is 25.1 Å². The fourth-order valence-electron chi connectivity index (χ4n) is 2.84. The summed E-state index contributed by atoms with van der Waals surface area (Å²) in [7, 11) is 0. The van der Waals surface area contributed by atoms with Crippen molar-refractivity contribution in [3.63, 3.8) is 0 Å². The van der Waals surface area contributed by atoms with Crippen LogP contribution in [0.1, 0.15) is 18.9 Å². The van der Waals surface area contributed by atoms with Crippen LogP contribution in [0.2, 0.25) is 0 Å². The monoisotopic (exact) mass is 237 g/mol. The minimum Gasteiger partial charge on any atom is -0.379 e. The predicted molar refractivity (Wildman–Crippen MR) is 60.7 cm³/mol. The summed E-state index contributed by atoms with van der Waals surface area (Å²) in [5, 5.41) is 0. The highest BCUT2D eigenvalue weighted by molar-refractivity contribution is 5.31. The van der Waals surface area contributed by atoms with Gasteiger partial charge in [0.05, 0.1) is 13.2 Å². The van der Waals surface area contributed by atoms with Crippen LogP contribution in [0, 0.1) is 11.2 Å². The van der Waals surface area contributed by atoms with E-state index in [4.69, 9.17) is 9.57 Å². The van der Waals surface area contributed by atoms with Crippen molar-refractivity contribution in [1.82, 2.24) is 5.48 Å². The molecule has 17 heavy (non-hydrogen) atoms. The van der Waals surface area contributed by atoms with Crippen molar-refractivity contribution in [2.24, 2.45) is 5.41 Å². The molecule has 2 aliphatic heterocycles. The van der Waals surface area contributed by atoms with E-state index in [1.807, 2.05) is 12.1 Å². The van der Waals surface area contributed by atoms with E-state index in [2.05, 4.69) is 12.4 Å². The molecule has 3 nitrogen and oxygen atoms in total. The molecular formula is C13H16FNO2. The van der Waals surface area contributed by atoms with Gasteiger partial charge in [0.25, 0.3) is 0 Å². The molecule has 1 unspecified atom stereocenters. The molecule has 2 heterocycles. The van der Waals surface area contributed by atoms with Crippen molar-refractivity contribution in [2.45, 2.75) is 18.9 Å². The Morgan fingerprint density at radius 1 is 1.29 bits per heavy atom. The van der Waals surface area contributed by atoms with Crippen molar-refractivity contribution < 1.29 is 14.0 Å². The van der Waals surface area contributed by atoms with Gasteiger partial charge < -0.3 is 9.57 Å². The summed E-state index contributed by atoms with van der Waals surface area (Å²) < 4.78 is 19.6. The molecule has 2 aliphatic rings. The molecule has 4 heteroatoms. The average Bonchev–Trinajstić information content (AvgIpc) is 2.67. The van der Waals surface area contributed by atoms with Gasteiger partial charge in [-0.2, -0.15) is 5.48 Å². The summed E-state index contributed by atoms with van der Waals surface area (Å²) in [5.41, 5.74) is 2.97. The Labute approximate surface area is 99.9 Å². The number of hydroxylamine groups is 1. The quantitative estimate of drug-likeness (QED) is 0.810. The van der Waals surface area contributed by atoms with E-state index in [9.17, 15) is 4.39 Å². The van der Waals surface area contributed by atoms with E-state index < -0.39 is 5.54 Å². The zero-order valence-corrected chi connectivity index (χ0v) is 9.83. The summed E-state index contributed by atoms with van der Waals surface area (Å²) in [6, 6.07) is 6.84. The van der Waals surface area contributed by atoms with E-state index in [-0.39, 0.29) is 11.2 Å². The summed E-state index contributed by atoms with van der Waals surface area (Å²) >= 11 is 0. The average molecular weight is 237 g/mol. The Bertz CT molecular complexity index is 439. The molecule has 92 valence electrons. The van der Waals surface area contributed by atoms with Crippen LogP contribution in [0.25, 0.3) is 0 Å². The molecule has 0 radical (unpaired) electrons. The Morgan fingerprint density at radius 2 is 2.12 bits per heavy atom. The lowest BCUT2D eigenvalue weighted by Gasteiger charge is -2.45. The Morgan fingerprint density at radius 3 is 2.94 bits per heavy atom. The maximum Gasteiger partial charge on any atom is 0.128 e. The van der Waals surface area contributed by atoms with Gasteiger partial charge in [-0.15, -0.1) is 0 Å². The lowest BCUT2D eigenvalue weighted by molar-refractivity contribution is -0.0529. The SMILES string of the molecule is CC12CCOC[C@]1(c1ccccc1F)NOC2. The second-order valence-corrected chi connectivity index (χ2v) is 5.14. The summed E-state index contributed by atoms with van der Waals surface area (Å²) in [5.74, 6) is -0.206. The van der Waals surface area contributed by atoms with Crippen LogP contribution in [-0.2, 0) is 15.1 Å². The molecule has 0 bridgehead atoms. The highest BCUT2D eigenvalue weighted by atomic mass is 19.1. The fourth-order valence-corrected chi connectivity index (χ4v) is 2.84. The summed E-state index contributed by atoms with van der Waals surface area (Å²) in [4.78, 5) is 5.41. The van der Waals surface area contributed by atoms with Gasteiger partial charge in [-0.05, 0) is 12.5 Å². The van der Waals surface area contributed by atoms with Crippen molar-refractivity contribution >= 4 is 0 Å². The molecule has 1 aromatic rings. The molecule has 0 saturated carbocycles. The van der Waals surface area contributed by atoms with Gasteiger partial charge in [-0.25, -0.2) is 4.39 Å². The smallest absolute Gasteiger partial charge is 0.128 e. The first-order valence-corrected chi connectivity index (χ1v) is 5.90. The Kier molecular flexibility index (Phi) is 2.47. The fraction of sp³-hybridized carbons (Fsp3) is 0.538. The highest BCUT2D eigenvalue weighted by Gasteiger charge is 2.57. The van der Waals surface area contributed by atoms with Crippen molar-refractivity contribution in [3.8, 4) is 0 Å². The minimum absolute atomic E-state index is 0.118. The normalized spacial score (nSPS) is 36.8. The number of rotatable bonds is 1. The standard InChI is InChI=1S/C13H16FNO2/c1-12-6-7-16-9-13(12,15-17-8-12)10-4-2-3-5-11(10)14/h2-5,15H,6-9H2,1H3/t12?,13-/m1/s1. The van der Waals surface area contributed by atoms with E-state index in [1.165, 1.54) is 6.07 Å². The van der Waals surface area contributed by atoms with Crippen LogP contribution in [-0.4, -0.2) is 19.8 Å². The number of hydrogen-bond acceptors (Lipinski definition) is 3. The second-order valence-electron chi connectivity index (χ2n) is 5.14. The second kappa shape index (κ2) is 3.77. The van der Waals surface area contributed by atoms with Crippen LogP contribution in [0.3, 0.4) is 0 Å². The third kappa shape index (κ3) is 1.44. The Hall–Kier alpha value is -0.970. The minimum atomic E-state index is -0.559. The summed E-state index contributed by atoms with van der Waals surface area (Å²) in [6.07, 6.45) is 0.869. The number of benzene rings is 1. The van der Waals surface area contributed by atoms with Gasteiger partial charge in [0.2, 0.25) is 0 Å². The third-order valence-corrected chi connectivity index (χ3v) is 4.12. The van der Waals surface area contributed by atoms with Crippen molar-refractivity contribution in [1.29, 1.82) is 0 Å². The van der Waals surface area contributed by atoms with Gasteiger partial charge >= 0.3 is 0 Å². The molecule has 2 atom stereocenters. The van der Waals surface area contributed by atoms with Crippen LogP contribution < -0.4 is 5.48 Å². The van der Waals surface area contributed by atoms with Crippen LogP contribution >= 0.6 is 0 Å². The first-order valence-electron chi connectivity index (χ1n) is 5.90. The van der Waals surface area contributed by atoms with Crippen molar-refractivity contribution in [2.75, 3.05) is 19.8 Å². The zero-order valence-electron chi connectivity index (χ0n) is 9.83. The molecular weight excluding hydrogens is 221 g/mol. The molecule has 0 aliphatic carbocycles. The largest absolute Gasteiger partial charge is 0.379 e. The number of nitrogens with one attached hydrogen (secondary N) is 1. The first-order chi connectivity index (χ1) is 8.18. The predicted octanol–water partition coefficient (Wildman–Crippen LogP) is 1.98. The van der Waals surface area contributed by atoms with Gasteiger partial charge in [0.1, 0.15) is 11.4 Å². The molecule has 1 N–H and O–H groups in total. The van der Waals surface area contributed by atoms with E-state index in [0.717, 1.165) is 6.42 Å². The number of halogens is 1. The van der Waals surface area contributed by atoms with E-state index >= 15 is 0 Å². The van der Waals surface area contributed by atoms with E-state index in [0.29, 0.717) is 25.4 Å². The molecule has 0 spiro atoms. The van der Waals surface area contributed by atoms with Crippen LogP contribution in [0.15, 0.2) is 24.3 Å². The molecule has 2 saturated heterocycles. The van der Waals surface area contributed by atoms with Gasteiger partial charge in [0, 0.05) is 17.6 Å². The Balaban J connectivity index is 2.12. The lowest BCUT2D eigenvalue weighted by atomic mass is 9.66. The van der Waals surface area contributed by atoms with E-state index in [1.54, 1.807) is 6.07 Å². The number of hydrogen-bond donors (Lipinski definition) is 1. The number of ether oxygens (including phenoxy) is 1. The lowest BCUT2D eigenvalue weighted by Crippen LogP contribution is -2.55. The van der Waals surface area contributed by atoms with Crippen molar-refractivity contribution in [3.05, 3.63) is 35.6 Å². The number of fused-ring (bicyclic) bond motifs is 1. The maximum atomic E-state index is 14.0. The molecule has 3 rings (SSSR count). The maximum absolute atomic E-state index is 14.0. The van der Waals surface area contributed by atoms with Crippen LogP contribution in [0.4, 0.5) is 4.39 Å². The highest BCUT2D eigenvalue weighted by Crippen LogP contribution is 2.49. The summed E-state index contributed by atoms with van der Waals surface area (Å²) in [6.45, 7) is 3.87. The molecule has 1 aromatic carbocycles. The topological polar surface area (TPSA) is 30.5 Å². The zero-order chi connectivity index (χ0) is 11.9. The first kappa shape index (κ1) is 11.1. The third-order valence-electron chi connectivity index (χ3n) is 4.12. The van der Waals surface area contributed by atoms with Gasteiger partial charge in [-0.3, -0.25) is 0 Å². The van der Waals surface area contributed by atoms with Crippen LogP contribution in [0.5, 0.6) is 0 Å². The van der Waals surface area contributed by atoms with Gasteiger partial charge in [0.15, 0.2) is 0 Å². The molecule has 0 aromatic heterocycles. The molecule has 0 amide bonds.